The molecule has 1 saturated heterocycles. The fourth-order valence-corrected chi connectivity index (χ4v) is 4.23. The van der Waals surface area contributed by atoms with Gasteiger partial charge in [-0.25, -0.2) is 12.8 Å². The van der Waals surface area contributed by atoms with E-state index in [1.807, 2.05) is 0 Å². The van der Waals surface area contributed by atoms with Gasteiger partial charge < -0.3 is 15.3 Å². The van der Waals surface area contributed by atoms with E-state index < -0.39 is 39.8 Å². The Kier molecular flexibility index (Phi) is 7.28. The van der Waals surface area contributed by atoms with E-state index >= 15 is 0 Å². The number of aliphatic hydroxyl groups is 2. The van der Waals surface area contributed by atoms with Crippen LogP contribution in [-0.2, 0) is 16.2 Å². The summed E-state index contributed by atoms with van der Waals surface area (Å²) in [6.45, 7) is -0.862. The Morgan fingerprint density at radius 2 is 1.77 bits per heavy atom. The number of benzene rings is 2. The van der Waals surface area contributed by atoms with Gasteiger partial charge in [0.1, 0.15) is 23.2 Å². The van der Waals surface area contributed by atoms with E-state index in [-0.39, 0.29) is 35.7 Å². The molecule has 1 fully saturated rings. The summed E-state index contributed by atoms with van der Waals surface area (Å²) >= 11 is 0. The summed E-state index contributed by atoms with van der Waals surface area (Å²) in [6.07, 6.45) is -4.46. The zero-order valence-corrected chi connectivity index (χ0v) is 16.7. The number of rotatable bonds is 3. The normalized spacial score (nSPS) is 19.4. The number of phenols is 1. The van der Waals surface area contributed by atoms with Gasteiger partial charge >= 0.3 is 6.18 Å². The molecule has 7 nitrogen and oxygen atoms in total. The van der Waals surface area contributed by atoms with Crippen molar-refractivity contribution in [1.29, 1.82) is 5.26 Å². The molecule has 2 aromatic rings. The van der Waals surface area contributed by atoms with Crippen LogP contribution in [0.1, 0.15) is 17.5 Å². The first-order valence-corrected chi connectivity index (χ1v) is 10.2. The second-order valence-electron chi connectivity index (χ2n) is 6.77. The molecule has 12 heteroatoms. The van der Waals surface area contributed by atoms with Gasteiger partial charge in [0.2, 0.25) is 10.0 Å². The van der Waals surface area contributed by atoms with Crippen molar-refractivity contribution in [2.45, 2.75) is 23.1 Å². The van der Waals surface area contributed by atoms with E-state index in [1.54, 1.807) is 6.07 Å². The minimum atomic E-state index is -4.53. The number of halogens is 4. The van der Waals surface area contributed by atoms with Gasteiger partial charge in [-0.2, -0.15) is 22.7 Å². The fourth-order valence-electron chi connectivity index (χ4n) is 2.71. The quantitative estimate of drug-likeness (QED) is 0.602. The Morgan fingerprint density at radius 3 is 2.23 bits per heavy atom. The molecular weight excluding hydrogens is 444 g/mol. The monoisotopic (exact) mass is 462 g/mol. The molecule has 0 radical (unpaired) electrons. The molecule has 1 aliphatic heterocycles. The molecule has 3 rings (SSSR count). The minimum absolute atomic E-state index is 0.000412. The third-order valence-corrected chi connectivity index (χ3v) is 6.34. The summed E-state index contributed by atoms with van der Waals surface area (Å²) < 4.78 is 75.3. The van der Waals surface area contributed by atoms with Crippen LogP contribution in [0.3, 0.4) is 0 Å². The molecule has 2 aromatic carbocycles. The van der Waals surface area contributed by atoms with Crippen LogP contribution in [-0.4, -0.2) is 53.3 Å². The molecule has 0 aliphatic carbocycles. The maximum atomic E-state index is 12.5. The van der Waals surface area contributed by atoms with Gasteiger partial charge in [-0.05, 0) is 42.8 Å². The van der Waals surface area contributed by atoms with Crippen molar-refractivity contribution in [3.8, 4) is 11.8 Å². The third kappa shape index (κ3) is 5.92. The van der Waals surface area contributed by atoms with Crippen LogP contribution in [0.15, 0.2) is 47.4 Å². The van der Waals surface area contributed by atoms with E-state index in [1.165, 1.54) is 12.1 Å². The van der Waals surface area contributed by atoms with Crippen molar-refractivity contribution in [2.75, 3.05) is 19.7 Å². The number of aliphatic hydroxyl groups excluding tert-OH is 1. The molecular formula is C19H18F4N2O5S. The summed E-state index contributed by atoms with van der Waals surface area (Å²) in [5.41, 5.74) is -2.49. The number of nitrogens with zero attached hydrogens (tertiary/aromatic N) is 2. The van der Waals surface area contributed by atoms with Gasteiger partial charge in [-0.3, -0.25) is 0 Å². The first-order valence-electron chi connectivity index (χ1n) is 8.72. The van der Waals surface area contributed by atoms with Crippen molar-refractivity contribution in [3.63, 3.8) is 0 Å². The molecule has 0 spiro atoms. The second-order valence-corrected chi connectivity index (χ2v) is 8.71. The molecule has 1 heterocycles. The van der Waals surface area contributed by atoms with Crippen LogP contribution < -0.4 is 0 Å². The maximum Gasteiger partial charge on any atom is 0.416 e. The average molecular weight is 462 g/mol. The Labute approximate surface area is 175 Å². The van der Waals surface area contributed by atoms with Crippen molar-refractivity contribution >= 4 is 10.0 Å². The number of phenolic OH excluding ortho intramolecular Hbond substituents is 1. The Morgan fingerprint density at radius 1 is 1.16 bits per heavy atom. The van der Waals surface area contributed by atoms with Crippen molar-refractivity contribution in [2.24, 2.45) is 0 Å². The van der Waals surface area contributed by atoms with E-state index in [0.29, 0.717) is 12.1 Å². The van der Waals surface area contributed by atoms with Gasteiger partial charge in [0.15, 0.2) is 0 Å². The van der Waals surface area contributed by atoms with Crippen LogP contribution >= 0.6 is 0 Å². The van der Waals surface area contributed by atoms with E-state index in [0.717, 1.165) is 22.5 Å². The first-order chi connectivity index (χ1) is 14.3. The van der Waals surface area contributed by atoms with Crippen LogP contribution in [0.4, 0.5) is 17.6 Å². The van der Waals surface area contributed by atoms with Crippen molar-refractivity contribution in [1.82, 2.24) is 4.31 Å². The number of alkyl halides is 3. The summed E-state index contributed by atoms with van der Waals surface area (Å²) in [5, 5.41) is 35.8. The van der Waals surface area contributed by atoms with Gasteiger partial charge in [0.05, 0.1) is 22.6 Å². The molecule has 0 bridgehead atoms. The predicted molar refractivity (Wildman–Crippen MR) is 99.6 cm³/mol. The van der Waals surface area contributed by atoms with E-state index in [4.69, 9.17) is 15.5 Å². The van der Waals surface area contributed by atoms with Crippen LogP contribution in [0.2, 0.25) is 0 Å². The molecule has 168 valence electrons. The van der Waals surface area contributed by atoms with Crippen LogP contribution in [0.5, 0.6) is 5.75 Å². The largest absolute Gasteiger partial charge is 0.508 e. The zero-order valence-electron chi connectivity index (χ0n) is 15.8. The third-order valence-electron chi connectivity index (χ3n) is 4.48. The van der Waals surface area contributed by atoms with Gasteiger partial charge in [0, 0.05) is 19.2 Å². The maximum absolute atomic E-state index is 12.5. The number of sulfonamides is 1. The molecule has 0 saturated carbocycles. The summed E-state index contributed by atoms with van der Waals surface area (Å²) in [5.74, 6) is -0.862. The minimum Gasteiger partial charge on any atom is -0.508 e. The van der Waals surface area contributed by atoms with Crippen molar-refractivity contribution < 1.29 is 41.3 Å². The highest BCUT2D eigenvalue weighted by atomic mass is 32.2. The SMILES string of the molecule is N#Cc1ccc(O)cc1F.O=S(=O)(c1ccc(C(F)(F)F)cc1)N1CCC(O)(CO)C1. The molecule has 1 atom stereocenters. The smallest absolute Gasteiger partial charge is 0.416 e. The summed E-state index contributed by atoms with van der Waals surface area (Å²) in [4.78, 5) is -0.280. The van der Waals surface area contributed by atoms with Gasteiger partial charge in [-0.1, -0.05) is 0 Å². The Bertz CT molecular complexity index is 1070. The fraction of sp³-hybridized carbons (Fsp3) is 0.316. The Balaban J connectivity index is 0.000000285. The molecule has 0 amide bonds. The number of aromatic hydroxyl groups is 1. The van der Waals surface area contributed by atoms with E-state index in [2.05, 4.69) is 0 Å². The van der Waals surface area contributed by atoms with Crippen molar-refractivity contribution in [3.05, 3.63) is 59.4 Å². The number of hydrogen-bond acceptors (Lipinski definition) is 6. The Hall–Kier alpha value is -2.72. The highest BCUT2D eigenvalue weighted by Gasteiger charge is 2.41. The molecule has 0 aromatic heterocycles. The molecule has 1 unspecified atom stereocenters. The number of hydrogen-bond donors (Lipinski definition) is 3. The summed E-state index contributed by atoms with van der Waals surface area (Å²) in [6, 6.07) is 8.19. The number of β-amino-alcohol motifs (C(OH)–C–C–N with tert-alkyl or cyclic N) is 1. The average Bonchev–Trinajstić information content (AvgIpc) is 3.12. The van der Waals surface area contributed by atoms with E-state index in [9.17, 15) is 31.1 Å². The first kappa shape index (κ1) is 24.5. The van der Waals surface area contributed by atoms with Crippen LogP contribution in [0, 0.1) is 17.1 Å². The van der Waals surface area contributed by atoms with Crippen LogP contribution in [0.25, 0.3) is 0 Å². The van der Waals surface area contributed by atoms with Gasteiger partial charge in [-0.15, -0.1) is 0 Å². The highest BCUT2D eigenvalue weighted by Crippen LogP contribution is 2.31. The lowest BCUT2D eigenvalue weighted by Crippen LogP contribution is -2.38. The lowest BCUT2D eigenvalue weighted by molar-refractivity contribution is -0.137. The lowest BCUT2D eigenvalue weighted by Gasteiger charge is -2.21. The predicted octanol–water partition coefficient (Wildman–Crippen LogP) is 2.23. The topological polar surface area (TPSA) is 122 Å². The lowest BCUT2D eigenvalue weighted by atomic mass is 10.1. The standard InChI is InChI=1S/C12H14F3NO4S.C7H4FNO/c13-12(14,15)9-1-3-10(4-2-9)21(19,20)16-6-5-11(18,7-16)8-17;8-7-3-6(10)2-1-5(7)4-9/h1-4,17-18H,5-8H2;1-3,10H. The molecule has 31 heavy (non-hydrogen) atoms. The zero-order chi connectivity index (χ0) is 23.4. The second kappa shape index (κ2) is 9.19. The summed E-state index contributed by atoms with van der Waals surface area (Å²) in [7, 11) is -3.99. The van der Waals surface area contributed by atoms with Gasteiger partial charge in [0.25, 0.3) is 0 Å². The molecule has 3 N–H and O–H groups in total. The highest BCUT2D eigenvalue weighted by molar-refractivity contribution is 7.89. The molecule has 1 aliphatic rings. The number of nitriles is 1.